The molecule has 1 unspecified atom stereocenters. The molecule has 0 heterocycles. The summed E-state index contributed by atoms with van der Waals surface area (Å²) < 4.78 is 0. The Hall–Kier alpha value is -0.570. The molecule has 0 aromatic rings. The van der Waals surface area contributed by atoms with Crippen LogP contribution in [0.3, 0.4) is 0 Å². The van der Waals surface area contributed by atoms with Crippen LogP contribution in [0, 0.1) is 5.92 Å². The maximum absolute atomic E-state index is 11.4. The summed E-state index contributed by atoms with van der Waals surface area (Å²) in [5.74, 6) is 0.707. The van der Waals surface area contributed by atoms with Crippen LogP contribution in [0.5, 0.6) is 0 Å². The molecule has 15 heavy (non-hydrogen) atoms. The maximum atomic E-state index is 11.4. The summed E-state index contributed by atoms with van der Waals surface area (Å²) in [5.41, 5.74) is 5.32. The fourth-order valence-corrected chi connectivity index (χ4v) is 1.68. The molecule has 0 fully saturated rings. The summed E-state index contributed by atoms with van der Waals surface area (Å²) in [7, 11) is 0. The van der Waals surface area contributed by atoms with E-state index in [2.05, 4.69) is 19.2 Å². The van der Waals surface area contributed by atoms with Crippen LogP contribution < -0.4 is 11.1 Å². The number of amides is 1. The minimum atomic E-state index is 0.156. The quantitative estimate of drug-likeness (QED) is 0.577. The number of carbonyl (C=O) groups is 1. The van der Waals surface area contributed by atoms with Crippen molar-refractivity contribution < 1.29 is 4.79 Å². The Kier molecular flexibility index (Phi) is 9.59. The largest absolute Gasteiger partial charge is 0.355 e. The van der Waals surface area contributed by atoms with E-state index in [1.54, 1.807) is 0 Å². The third-order valence-electron chi connectivity index (χ3n) is 2.73. The molecule has 0 aromatic heterocycles. The van der Waals surface area contributed by atoms with Gasteiger partial charge < -0.3 is 11.1 Å². The predicted octanol–water partition coefficient (Wildman–Crippen LogP) is 2.06. The van der Waals surface area contributed by atoms with Crippen molar-refractivity contribution in [3.63, 3.8) is 0 Å². The van der Waals surface area contributed by atoms with Gasteiger partial charge in [0.05, 0.1) is 0 Å². The van der Waals surface area contributed by atoms with Crippen LogP contribution in [0.15, 0.2) is 0 Å². The molecule has 0 aliphatic rings. The number of hydrogen-bond donors (Lipinski definition) is 2. The Bertz CT molecular complexity index is 160. The average Bonchev–Trinajstić information content (AvgIpc) is 2.25. The van der Waals surface area contributed by atoms with Crippen LogP contribution in [0.1, 0.15) is 52.4 Å². The summed E-state index contributed by atoms with van der Waals surface area (Å²) in [6, 6.07) is 0. The summed E-state index contributed by atoms with van der Waals surface area (Å²) >= 11 is 0. The molecule has 90 valence electrons. The van der Waals surface area contributed by atoms with E-state index in [9.17, 15) is 4.79 Å². The molecule has 3 N–H and O–H groups in total. The van der Waals surface area contributed by atoms with E-state index in [4.69, 9.17) is 5.73 Å². The molecule has 0 bridgehead atoms. The van der Waals surface area contributed by atoms with Crippen molar-refractivity contribution in [2.24, 2.45) is 11.7 Å². The standard InChI is InChI=1S/C12H26N2O/c1-3-5-6-7-11(4-2)10-12(15)14-9-8-13/h11H,3-10,13H2,1-2H3,(H,14,15). The molecule has 0 rings (SSSR count). The zero-order valence-electron chi connectivity index (χ0n) is 10.2. The summed E-state index contributed by atoms with van der Waals surface area (Å²) in [4.78, 5) is 11.4. The van der Waals surface area contributed by atoms with Crippen LogP contribution in [-0.4, -0.2) is 19.0 Å². The normalized spacial score (nSPS) is 12.5. The Balaban J connectivity index is 3.62. The second-order valence-corrected chi connectivity index (χ2v) is 4.11. The minimum absolute atomic E-state index is 0.156. The number of nitrogens with two attached hydrogens (primary N) is 1. The van der Waals surface area contributed by atoms with Gasteiger partial charge in [0.1, 0.15) is 0 Å². The molecule has 0 saturated heterocycles. The Morgan fingerprint density at radius 1 is 1.33 bits per heavy atom. The van der Waals surface area contributed by atoms with Crippen LogP contribution >= 0.6 is 0 Å². The summed E-state index contributed by atoms with van der Waals surface area (Å²) in [5, 5.41) is 2.82. The molecule has 1 atom stereocenters. The molecular weight excluding hydrogens is 188 g/mol. The fourth-order valence-electron chi connectivity index (χ4n) is 1.68. The van der Waals surface area contributed by atoms with Gasteiger partial charge in [-0.3, -0.25) is 4.79 Å². The molecule has 0 aliphatic carbocycles. The molecule has 1 amide bonds. The molecule has 0 spiro atoms. The highest BCUT2D eigenvalue weighted by atomic mass is 16.1. The smallest absolute Gasteiger partial charge is 0.220 e. The van der Waals surface area contributed by atoms with Gasteiger partial charge in [-0.05, 0) is 12.3 Å². The van der Waals surface area contributed by atoms with E-state index < -0.39 is 0 Å². The lowest BCUT2D eigenvalue weighted by molar-refractivity contribution is -0.122. The van der Waals surface area contributed by atoms with Gasteiger partial charge in [0.2, 0.25) is 5.91 Å². The van der Waals surface area contributed by atoms with Gasteiger partial charge in [-0.2, -0.15) is 0 Å². The predicted molar refractivity (Wildman–Crippen MR) is 64.6 cm³/mol. The monoisotopic (exact) mass is 214 g/mol. The van der Waals surface area contributed by atoms with Crippen molar-refractivity contribution in [2.45, 2.75) is 52.4 Å². The van der Waals surface area contributed by atoms with E-state index in [0.717, 1.165) is 6.42 Å². The highest BCUT2D eigenvalue weighted by Crippen LogP contribution is 2.16. The van der Waals surface area contributed by atoms with Gasteiger partial charge in [0.25, 0.3) is 0 Å². The van der Waals surface area contributed by atoms with Crippen LogP contribution in [0.4, 0.5) is 0 Å². The molecule has 0 aliphatic heterocycles. The molecule has 0 aromatic carbocycles. The van der Waals surface area contributed by atoms with Gasteiger partial charge in [-0.25, -0.2) is 0 Å². The zero-order valence-corrected chi connectivity index (χ0v) is 10.2. The Labute approximate surface area is 93.8 Å². The number of carbonyl (C=O) groups excluding carboxylic acids is 1. The van der Waals surface area contributed by atoms with Crippen molar-refractivity contribution in [1.29, 1.82) is 0 Å². The Morgan fingerprint density at radius 2 is 2.07 bits per heavy atom. The second-order valence-electron chi connectivity index (χ2n) is 4.11. The molecule has 3 nitrogen and oxygen atoms in total. The first-order valence-corrected chi connectivity index (χ1v) is 6.21. The molecule has 0 saturated carbocycles. The van der Waals surface area contributed by atoms with Crippen molar-refractivity contribution in [2.75, 3.05) is 13.1 Å². The number of hydrogen-bond acceptors (Lipinski definition) is 2. The van der Waals surface area contributed by atoms with Gasteiger partial charge in [-0.1, -0.05) is 39.5 Å². The van der Waals surface area contributed by atoms with Gasteiger partial charge in [-0.15, -0.1) is 0 Å². The first-order chi connectivity index (χ1) is 7.24. The number of rotatable bonds is 9. The third-order valence-corrected chi connectivity index (χ3v) is 2.73. The van der Waals surface area contributed by atoms with Crippen LogP contribution in [0.25, 0.3) is 0 Å². The second kappa shape index (κ2) is 9.97. The first-order valence-electron chi connectivity index (χ1n) is 6.21. The SMILES string of the molecule is CCCCCC(CC)CC(=O)NCCN. The van der Waals surface area contributed by atoms with Gasteiger partial charge in [0.15, 0.2) is 0 Å². The summed E-state index contributed by atoms with van der Waals surface area (Å²) in [6.07, 6.45) is 6.72. The van der Waals surface area contributed by atoms with Crippen molar-refractivity contribution >= 4 is 5.91 Å². The van der Waals surface area contributed by atoms with E-state index in [-0.39, 0.29) is 5.91 Å². The third kappa shape index (κ3) is 8.43. The fraction of sp³-hybridized carbons (Fsp3) is 0.917. The van der Waals surface area contributed by atoms with E-state index in [0.29, 0.717) is 25.4 Å². The lowest BCUT2D eigenvalue weighted by atomic mass is 9.95. The molecular formula is C12H26N2O. The number of unbranched alkanes of at least 4 members (excludes halogenated alkanes) is 2. The zero-order chi connectivity index (χ0) is 11.5. The van der Waals surface area contributed by atoms with Crippen LogP contribution in [-0.2, 0) is 4.79 Å². The molecule has 3 heteroatoms. The van der Waals surface area contributed by atoms with Crippen molar-refractivity contribution in [3.05, 3.63) is 0 Å². The summed E-state index contributed by atoms with van der Waals surface area (Å²) in [6.45, 7) is 5.49. The van der Waals surface area contributed by atoms with Crippen molar-refractivity contribution in [3.8, 4) is 0 Å². The first kappa shape index (κ1) is 14.4. The average molecular weight is 214 g/mol. The van der Waals surface area contributed by atoms with E-state index in [1.165, 1.54) is 25.7 Å². The number of nitrogens with one attached hydrogen (secondary N) is 1. The lowest BCUT2D eigenvalue weighted by Gasteiger charge is -2.14. The van der Waals surface area contributed by atoms with Crippen molar-refractivity contribution in [1.82, 2.24) is 5.32 Å². The lowest BCUT2D eigenvalue weighted by Crippen LogP contribution is -2.30. The highest BCUT2D eigenvalue weighted by Gasteiger charge is 2.10. The highest BCUT2D eigenvalue weighted by molar-refractivity contribution is 5.76. The topological polar surface area (TPSA) is 55.1 Å². The molecule has 0 radical (unpaired) electrons. The van der Waals surface area contributed by atoms with E-state index in [1.807, 2.05) is 0 Å². The van der Waals surface area contributed by atoms with Gasteiger partial charge >= 0.3 is 0 Å². The van der Waals surface area contributed by atoms with Gasteiger partial charge in [0, 0.05) is 19.5 Å². The minimum Gasteiger partial charge on any atom is -0.355 e. The Morgan fingerprint density at radius 3 is 2.60 bits per heavy atom. The van der Waals surface area contributed by atoms with E-state index >= 15 is 0 Å². The van der Waals surface area contributed by atoms with Crippen LogP contribution in [0.2, 0.25) is 0 Å². The maximum Gasteiger partial charge on any atom is 0.220 e.